The summed E-state index contributed by atoms with van der Waals surface area (Å²) in [7, 11) is 0. The molecule has 0 unspecified atom stereocenters. The Morgan fingerprint density at radius 2 is 1.70 bits per heavy atom. The average molecular weight is 391 g/mol. The lowest BCUT2D eigenvalue weighted by atomic mass is 10.1. The van der Waals surface area contributed by atoms with Crippen molar-refractivity contribution >= 4 is 23.4 Å². The topological polar surface area (TPSA) is 76.7 Å². The number of nitrogens with one attached hydrogen (secondary N) is 2. The number of aryl methyl sites for hydroxylation is 2. The Balaban J connectivity index is 1.61. The van der Waals surface area contributed by atoms with Crippen LogP contribution in [0.25, 0.3) is 0 Å². The first-order valence-electron chi connectivity index (χ1n) is 8.61. The monoisotopic (exact) mass is 390 g/mol. The number of halogens is 1. The van der Waals surface area contributed by atoms with Crippen molar-refractivity contribution in [2.45, 2.75) is 26.7 Å². The second kappa shape index (κ2) is 10.4. The lowest BCUT2D eigenvalue weighted by Gasteiger charge is -2.11. The normalized spacial score (nSPS) is 10.2. The molecule has 0 spiro atoms. The van der Waals surface area contributed by atoms with Crippen LogP contribution in [0.5, 0.6) is 11.5 Å². The minimum Gasteiger partial charge on any atom is -0.492 e. The van der Waals surface area contributed by atoms with Gasteiger partial charge in [-0.2, -0.15) is 0 Å². The molecule has 2 aromatic carbocycles. The maximum Gasteiger partial charge on any atom is 0.276 e. The van der Waals surface area contributed by atoms with Gasteiger partial charge in [-0.3, -0.25) is 20.4 Å². The zero-order valence-electron chi connectivity index (χ0n) is 15.4. The highest BCUT2D eigenvalue weighted by atomic mass is 35.5. The van der Waals surface area contributed by atoms with Gasteiger partial charge in [-0.05, 0) is 49.6 Å². The molecule has 0 aromatic heterocycles. The van der Waals surface area contributed by atoms with Crippen molar-refractivity contribution in [2.24, 2.45) is 0 Å². The van der Waals surface area contributed by atoms with Gasteiger partial charge in [-0.25, -0.2) is 0 Å². The molecule has 0 aliphatic carbocycles. The maximum atomic E-state index is 11.8. The molecule has 6 nitrogen and oxygen atoms in total. The fourth-order valence-electron chi connectivity index (χ4n) is 2.22. The number of ether oxygens (including phenoxy) is 2. The van der Waals surface area contributed by atoms with E-state index in [9.17, 15) is 9.59 Å². The standard InChI is InChI=1S/C20H23ClN2O4/c1-14-9-10-15(2)18(12-14)27-13-20(25)23-22-19(24)8-5-11-26-17-7-4-3-6-16(17)21/h3-4,6-7,9-10,12H,5,8,11,13H2,1-2H3,(H,22,24)(H,23,25). The van der Waals surface area contributed by atoms with E-state index in [4.69, 9.17) is 21.1 Å². The van der Waals surface area contributed by atoms with E-state index >= 15 is 0 Å². The van der Waals surface area contributed by atoms with Gasteiger partial charge >= 0.3 is 0 Å². The van der Waals surface area contributed by atoms with Gasteiger partial charge < -0.3 is 9.47 Å². The highest BCUT2D eigenvalue weighted by Crippen LogP contribution is 2.23. The van der Waals surface area contributed by atoms with Crippen LogP contribution in [0.4, 0.5) is 0 Å². The first-order chi connectivity index (χ1) is 13.0. The van der Waals surface area contributed by atoms with E-state index in [0.717, 1.165) is 11.1 Å². The van der Waals surface area contributed by atoms with Gasteiger partial charge in [0.05, 0.1) is 11.6 Å². The summed E-state index contributed by atoms with van der Waals surface area (Å²) in [4.78, 5) is 23.5. The quantitative estimate of drug-likeness (QED) is 0.535. The molecule has 0 atom stereocenters. The minimum absolute atomic E-state index is 0.180. The Kier molecular flexibility index (Phi) is 7.95. The molecule has 0 aliphatic heterocycles. The van der Waals surface area contributed by atoms with E-state index in [1.165, 1.54) is 0 Å². The lowest BCUT2D eigenvalue weighted by Crippen LogP contribution is -2.43. The molecule has 0 saturated carbocycles. The van der Waals surface area contributed by atoms with E-state index in [0.29, 0.717) is 29.5 Å². The molecule has 0 radical (unpaired) electrons. The van der Waals surface area contributed by atoms with E-state index < -0.39 is 5.91 Å². The molecular formula is C20H23ClN2O4. The number of para-hydroxylation sites is 1. The molecule has 27 heavy (non-hydrogen) atoms. The number of benzene rings is 2. The molecule has 0 saturated heterocycles. The molecule has 0 heterocycles. The van der Waals surface area contributed by atoms with Crippen molar-refractivity contribution in [1.29, 1.82) is 0 Å². The summed E-state index contributed by atoms with van der Waals surface area (Å²) in [6, 6.07) is 12.9. The van der Waals surface area contributed by atoms with Crippen LogP contribution in [0.3, 0.4) is 0 Å². The zero-order valence-corrected chi connectivity index (χ0v) is 16.1. The van der Waals surface area contributed by atoms with Gasteiger partial charge in [-0.15, -0.1) is 0 Å². The molecule has 2 amide bonds. The molecule has 2 aromatic rings. The fraction of sp³-hybridized carbons (Fsp3) is 0.300. The van der Waals surface area contributed by atoms with Gasteiger partial charge in [0.15, 0.2) is 6.61 Å². The van der Waals surface area contributed by atoms with Gasteiger partial charge in [0, 0.05) is 6.42 Å². The summed E-state index contributed by atoms with van der Waals surface area (Å²) >= 11 is 5.98. The number of hydrogen-bond acceptors (Lipinski definition) is 4. The molecule has 0 fully saturated rings. The number of amides is 2. The van der Waals surface area contributed by atoms with Crippen LogP contribution in [0.1, 0.15) is 24.0 Å². The summed E-state index contributed by atoms with van der Waals surface area (Å²) in [5, 5.41) is 0.526. The van der Waals surface area contributed by atoms with Crippen LogP contribution in [0.15, 0.2) is 42.5 Å². The molecule has 144 valence electrons. The first kappa shape index (κ1) is 20.6. The number of carbonyl (C=O) groups excluding carboxylic acids is 2. The summed E-state index contributed by atoms with van der Waals surface area (Å²) < 4.78 is 11.0. The predicted molar refractivity (Wildman–Crippen MR) is 104 cm³/mol. The van der Waals surface area contributed by atoms with Crippen molar-refractivity contribution < 1.29 is 19.1 Å². The Hall–Kier alpha value is -2.73. The van der Waals surface area contributed by atoms with Crippen molar-refractivity contribution in [3.8, 4) is 11.5 Å². The summed E-state index contributed by atoms with van der Waals surface area (Å²) in [6.07, 6.45) is 0.703. The van der Waals surface area contributed by atoms with Crippen LogP contribution in [-0.4, -0.2) is 25.0 Å². The van der Waals surface area contributed by atoms with Gasteiger partial charge in [0.25, 0.3) is 5.91 Å². The van der Waals surface area contributed by atoms with E-state index in [1.807, 2.05) is 44.2 Å². The van der Waals surface area contributed by atoms with Crippen molar-refractivity contribution in [3.63, 3.8) is 0 Å². The predicted octanol–water partition coefficient (Wildman–Crippen LogP) is 3.34. The molecular weight excluding hydrogens is 368 g/mol. The Morgan fingerprint density at radius 1 is 0.963 bits per heavy atom. The van der Waals surface area contributed by atoms with Crippen LogP contribution < -0.4 is 20.3 Å². The Labute approximate surface area is 163 Å². The van der Waals surface area contributed by atoms with Crippen molar-refractivity contribution in [2.75, 3.05) is 13.2 Å². The number of rotatable bonds is 8. The smallest absolute Gasteiger partial charge is 0.276 e. The van der Waals surface area contributed by atoms with E-state index in [1.54, 1.807) is 12.1 Å². The second-order valence-corrected chi connectivity index (χ2v) is 6.44. The number of hydrogen-bond donors (Lipinski definition) is 2. The van der Waals surface area contributed by atoms with Crippen LogP contribution in [-0.2, 0) is 9.59 Å². The highest BCUT2D eigenvalue weighted by molar-refractivity contribution is 6.32. The zero-order chi connectivity index (χ0) is 19.6. The van der Waals surface area contributed by atoms with Gasteiger partial charge in [0.2, 0.25) is 5.91 Å². The molecule has 7 heteroatoms. The summed E-state index contributed by atoms with van der Waals surface area (Å²) in [6.45, 7) is 4.02. The van der Waals surface area contributed by atoms with Crippen LogP contribution in [0, 0.1) is 13.8 Å². The second-order valence-electron chi connectivity index (χ2n) is 6.04. The first-order valence-corrected chi connectivity index (χ1v) is 8.98. The maximum absolute atomic E-state index is 11.8. The molecule has 0 aliphatic rings. The van der Waals surface area contributed by atoms with Gasteiger partial charge in [0.1, 0.15) is 11.5 Å². The minimum atomic E-state index is -0.434. The third-order valence-electron chi connectivity index (χ3n) is 3.69. The third-order valence-corrected chi connectivity index (χ3v) is 4.00. The van der Waals surface area contributed by atoms with Crippen LogP contribution in [0.2, 0.25) is 5.02 Å². The Bertz CT molecular complexity index is 795. The van der Waals surface area contributed by atoms with Crippen LogP contribution >= 0.6 is 11.6 Å². The largest absolute Gasteiger partial charge is 0.492 e. The Morgan fingerprint density at radius 3 is 2.48 bits per heavy atom. The highest BCUT2D eigenvalue weighted by Gasteiger charge is 2.07. The summed E-state index contributed by atoms with van der Waals surface area (Å²) in [5.74, 6) is 0.485. The van der Waals surface area contributed by atoms with Crippen molar-refractivity contribution in [1.82, 2.24) is 10.9 Å². The van der Waals surface area contributed by atoms with Crippen molar-refractivity contribution in [3.05, 3.63) is 58.6 Å². The fourth-order valence-corrected chi connectivity index (χ4v) is 2.41. The lowest BCUT2D eigenvalue weighted by molar-refractivity contribution is -0.130. The number of carbonyl (C=O) groups is 2. The number of hydrazine groups is 1. The SMILES string of the molecule is Cc1ccc(C)c(OCC(=O)NNC(=O)CCCOc2ccccc2Cl)c1. The van der Waals surface area contributed by atoms with Gasteiger partial charge in [-0.1, -0.05) is 35.9 Å². The third kappa shape index (κ3) is 7.19. The van der Waals surface area contributed by atoms with E-state index in [-0.39, 0.29) is 18.9 Å². The molecule has 0 bridgehead atoms. The van der Waals surface area contributed by atoms with E-state index in [2.05, 4.69) is 10.9 Å². The molecule has 2 N–H and O–H groups in total. The molecule has 2 rings (SSSR count). The average Bonchev–Trinajstić information content (AvgIpc) is 2.65. The summed E-state index contributed by atoms with van der Waals surface area (Å²) in [5.41, 5.74) is 6.67.